The maximum absolute atomic E-state index is 13.1. The first-order valence-corrected chi connectivity index (χ1v) is 10.9. The molecule has 3 aromatic rings. The summed E-state index contributed by atoms with van der Waals surface area (Å²) in [7, 11) is 4.61. The Balaban J connectivity index is 2.14. The Morgan fingerprint density at radius 1 is 1.03 bits per heavy atom. The number of aryl methyl sites for hydroxylation is 1. The minimum Gasteiger partial charge on any atom is -0.505 e. The van der Waals surface area contributed by atoms with Crippen LogP contribution in [0.2, 0.25) is 0 Å². The summed E-state index contributed by atoms with van der Waals surface area (Å²) in [6.07, 6.45) is 0. The van der Waals surface area contributed by atoms with E-state index in [9.17, 15) is 19.5 Å². The predicted octanol–water partition coefficient (Wildman–Crippen LogP) is 3.42. The lowest BCUT2D eigenvalue weighted by atomic mass is 9.82. The van der Waals surface area contributed by atoms with Crippen LogP contribution in [0.15, 0.2) is 58.1 Å². The molecule has 2 aromatic carbocycles. The summed E-state index contributed by atoms with van der Waals surface area (Å²) in [5.41, 5.74) is -0.183. The number of aromatic nitrogens is 2. The number of aromatic amines is 1. The molecule has 0 spiro atoms. The van der Waals surface area contributed by atoms with Crippen molar-refractivity contribution in [1.82, 2.24) is 14.7 Å². The van der Waals surface area contributed by atoms with E-state index in [2.05, 4.69) is 15.7 Å². The molecule has 1 amide bonds. The molecular weight excluding hydrogens is 434 g/mol. The molecule has 0 aliphatic carbocycles. The smallest absolute Gasteiger partial charge is 0.290 e. The number of nitrogens with one attached hydrogen (secondary N) is 3. The van der Waals surface area contributed by atoms with Gasteiger partial charge in [-0.3, -0.25) is 24.2 Å². The molecular formula is C25H31N5O4. The Hall–Kier alpha value is -4.01. The topological polar surface area (TPSA) is 119 Å². The maximum atomic E-state index is 13.1. The van der Waals surface area contributed by atoms with Gasteiger partial charge in [-0.05, 0) is 23.1 Å². The first-order chi connectivity index (χ1) is 15.9. The molecule has 0 saturated heterocycles. The van der Waals surface area contributed by atoms with Crippen LogP contribution in [0.1, 0.15) is 42.7 Å². The summed E-state index contributed by atoms with van der Waals surface area (Å²) in [4.78, 5) is 39.8. The second-order valence-electron chi connectivity index (χ2n) is 9.44. The van der Waals surface area contributed by atoms with E-state index >= 15 is 0 Å². The number of hydrogen-bond donors (Lipinski definition) is 4. The number of anilines is 3. The molecule has 1 atom stereocenters. The summed E-state index contributed by atoms with van der Waals surface area (Å²) < 4.78 is 1.10. The summed E-state index contributed by atoms with van der Waals surface area (Å²) in [6.45, 7) is 6.10. The molecule has 3 rings (SSSR count). The fourth-order valence-electron chi connectivity index (χ4n) is 3.68. The first kappa shape index (κ1) is 24.6. The van der Waals surface area contributed by atoms with Crippen molar-refractivity contribution in [3.63, 3.8) is 0 Å². The number of carbonyl (C=O) groups excluding carboxylic acids is 1. The Kier molecular flexibility index (Phi) is 6.85. The number of amides is 1. The summed E-state index contributed by atoms with van der Waals surface area (Å²) in [5.74, 6) is -0.711. The lowest BCUT2D eigenvalue weighted by Crippen LogP contribution is -2.35. The van der Waals surface area contributed by atoms with E-state index in [1.807, 2.05) is 51.1 Å². The normalized spacial score (nSPS) is 12.2. The minimum atomic E-state index is -0.561. The van der Waals surface area contributed by atoms with Gasteiger partial charge in [0.1, 0.15) is 11.4 Å². The molecule has 1 heterocycles. The molecule has 0 aliphatic heterocycles. The standard InChI is InChI=1S/C25H31N5O4/c1-25(2,3)21(15-11-8-7-9-12-15)27-19-18(22(32)28-30(6)24(19)34)26-17-14-10-13-16(20(17)31)23(33)29(4)5/h7-14,21,26-27,31H,1-6H3,(H,28,32)/t21-/m0/s1. The fourth-order valence-corrected chi connectivity index (χ4v) is 3.68. The van der Waals surface area contributed by atoms with Gasteiger partial charge in [-0.25, -0.2) is 0 Å². The van der Waals surface area contributed by atoms with Crippen molar-refractivity contribution in [2.75, 3.05) is 24.7 Å². The van der Waals surface area contributed by atoms with Crippen molar-refractivity contribution in [2.24, 2.45) is 12.5 Å². The van der Waals surface area contributed by atoms with Gasteiger partial charge >= 0.3 is 0 Å². The fraction of sp³-hybridized carbons (Fsp3) is 0.320. The molecule has 0 radical (unpaired) electrons. The number of rotatable bonds is 6. The van der Waals surface area contributed by atoms with E-state index in [1.54, 1.807) is 20.2 Å². The number of aromatic hydroxyl groups is 1. The Morgan fingerprint density at radius 2 is 1.68 bits per heavy atom. The molecule has 1 aromatic heterocycles. The van der Waals surface area contributed by atoms with Crippen LogP contribution in [-0.2, 0) is 7.05 Å². The third kappa shape index (κ3) is 4.98. The summed E-state index contributed by atoms with van der Waals surface area (Å²) in [6, 6.07) is 13.9. The zero-order chi connectivity index (χ0) is 25.2. The van der Waals surface area contributed by atoms with Gasteiger partial charge < -0.3 is 20.6 Å². The zero-order valence-electron chi connectivity index (χ0n) is 20.3. The van der Waals surface area contributed by atoms with Crippen LogP contribution >= 0.6 is 0 Å². The van der Waals surface area contributed by atoms with E-state index in [0.717, 1.165) is 10.2 Å². The summed E-state index contributed by atoms with van der Waals surface area (Å²) >= 11 is 0. The van der Waals surface area contributed by atoms with E-state index in [1.165, 1.54) is 24.1 Å². The van der Waals surface area contributed by atoms with Gasteiger partial charge in [0, 0.05) is 21.1 Å². The molecule has 0 fully saturated rings. The number of phenolic OH excluding ortho intramolecular Hbond substituents is 1. The number of carbonyl (C=O) groups is 1. The van der Waals surface area contributed by atoms with Gasteiger partial charge in [0.15, 0.2) is 5.75 Å². The molecule has 0 unspecified atom stereocenters. The van der Waals surface area contributed by atoms with Gasteiger partial charge in [-0.2, -0.15) is 0 Å². The van der Waals surface area contributed by atoms with E-state index in [0.29, 0.717) is 0 Å². The second-order valence-corrected chi connectivity index (χ2v) is 9.44. The van der Waals surface area contributed by atoms with Gasteiger partial charge in [-0.1, -0.05) is 57.2 Å². The van der Waals surface area contributed by atoms with Crippen LogP contribution in [0.4, 0.5) is 17.1 Å². The van der Waals surface area contributed by atoms with Crippen LogP contribution in [0.3, 0.4) is 0 Å². The lowest BCUT2D eigenvalue weighted by Gasteiger charge is -2.33. The van der Waals surface area contributed by atoms with E-state index in [-0.39, 0.29) is 39.8 Å². The van der Waals surface area contributed by atoms with Gasteiger partial charge in [0.25, 0.3) is 17.0 Å². The third-order valence-corrected chi connectivity index (χ3v) is 5.48. The van der Waals surface area contributed by atoms with Gasteiger partial charge in [-0.15, -0.1) is 0 Å². The van der Waals surface area contributed by atoms with Crippen molar-refractivity contribution in [1.29, 1.82) is 0 Å². The highest BCUT2D eigenvalue weighted by atomic mass is 16.3. The second kappa shape index (κ2) is 9.46. The minimum absolute atomic E-state index is 0.0544. The number of benzene rings is 2. The summed E-state index contributed by atoms with van der Waals surface area (Å²) in [5, 5.41) is 19.4. The van der Waals surface area contributed by atoms with Crippen LogP contribution in [0, 0.1) is 5.41 Å². The monoisotopic (exact) mass is 465 g/mol. The number of hydrogen-bond acceptors (Lipinski definition) is 6. The molecule has 34 heavy (non-hydrogen) atoms. The predicted molar refractivity (Wildman–Crippen MR) is 134 cm³/mol. The van der Waals surface area contributed by atoms with Gasteiger partial charge in [0.05, 0.1) is 17.3 Å². The maximum Gasteiger partial charge on any atom is 0.290 e. The van der Waals surface area contributed by atoms with Crippen LogP contribution in [-0.4, -0.2) is 39.8 Å². The van der Waals surface area contributed by atoms with Gasteiger partial charge in [0.2, 0.25) is 0 Å². The Labute approximate surface area is 198 Å². The zero-order valence-corrected chi connectivity index (χ0v) is 20.3. The molecule has 0 bridgehead atoms. The lowest BCUT2D eigenvalue weighted by molar-refractivity contribution is 0.0824. The van der Waals surface area contributed by atoms with Crippen molar-refractivity contribution in [2.45, 2.75) is 26.8 Å². The molecule has 4 N–H and O–H groups in total. The van der Waals surface area contributed by atoms with Crippen molar-refractivity contribution in [3.8, 4) is 5.75 Å². The van der Waals surface area contributed by atoms with E-state index in [4.69, 9.17) is 0 Å². The van der Waals surface area contributed by atoms with Crippen molar-refractivity contribution < 1.29 is 9.90 Å². The third-order valence-electron chi connectivity index (χ3n) is 5.48. The van der Waals surface area contributed by atoms with Crippen LogP contribution in [0.25, 0.3) is 0 Å². The van der Waals surface area contributed by atoms with Crippen LogP contribution in [0.5, 0.6) is 5.75 Å². The van der Waals surface area contributed by atoms with Crippen molar-refractivity contribution >= 4 is 23.0 Å². The Bertz CT molecular complexity index is 1300. The number of phenols is 1. The highest BCUT2D eigenvalue weighted by Gasteiger charge is 2.29. The van der Waals surface area contributed by atoms with E-state index < -0.39 is 17.0 Å². The van der Waals surface area contributed by atoms with Crippen LogP contribution < -0.4 is 21.8 Å². The number of nitrogens with zero attached hydrogens (tertiary/aromatic N) is 2. The molecule has 0 aliphatic rings. The quantitative estimate of drug-likeness (QED) is 0.414. The SMILES string of the molecule is CN(C)C(=O)c1cccc(Nc2c(N[C@@H](c3ccccc3)C(C)(C)C)c(=O)n(C)[nH]c2=O)c1O. The Morgan fingerprint density at radius 3 is 2.26 bits per heavy atom. The molecule has 9 nitrogen and oxygen atoms in total. The highest BCUT2D eigenvalue weighted by Crippen LogP contribution is 2.37. The number of para-hydroxylation sites is 1. The number of H-pyrrole nitrogens is 1. The average molecular weight is 466 g/mol. The largest absolute Gasteiger partial charge is 0.505 e. The van der Waals surface area contributed by atoms with Crippen molar-refractivity contribution in [3.05, 3.63) is 80.4 Å². The molecule has 0 saturated carbocycles. The highest BCUT2D eigenvalue weighted by molar-refractivity contribution is 5.98. The average Bonchev–Trinajstić information content (AvgIpc) is 2.77. The molecule has 9 heteroatoms. The molecule has 180 valence electrons. The first-order valence-electron chi connectivity index (χ1n) is 10.9.